The van der Waals surface area contributed by atoms with E-state index >= 15 is 0 Å². The molecule has 0 N–H and O–H groups in total. The Morgan fingerprint density at radius 2 is 1.87 bits per heavy atom. The largest absolute Gasteiger partial charge is 0.491 e. The second kappa shape index (κ2) is 4.92. The van der Waals surface area contributed by atoms with Crippen LogP contribution in [0.15, 0.2) is 6.07 Å². The molecule has 0 aliphatic carbocycles. The molecule has 6 heteroatoms. The van der Waals surface area contributed by atoms with E-state index in [0.717, 1.165) is 0 Å². The van der Waals surface area contributed by atoms with E-state index in [1.807, 2.05) is 0 Å². The van der Waals surface area contributed by atoms with Gasteiger partial charge in [-0.05, 0) is 0 Å². The number of halogens is 3. The first-order valence-corrected chi connectivity index (χ1v) is 5.00. The van der Waals surface area contributed by atoms with Crippen molar-refractivity contribution in [1.29, 1.82) is 0 Å². The zero-order chi connectivity index (χ0) is 11.6. The summed E-state index contributed by atoms with van der Waals surface area (Å²) in [5.41, 5.74) is 0. The molecular weight excluding hydrogens is 262 g/mol. The predicted molar refractivity (Wildman–Crippen MR) is 59.3 cm³/mol. The van der Waals surface area contributed by atoms with Gasteiger partial charge in [0.15, 0.2) is 11.5 Å². The maximum Gasteiger partial charge on any atom is 0.308 e. The molecule has 0 fully saturated rings. The molecule has 0 unspecified atom stereocenters. The molecule has 0 aromatic heterocycles. The molecular formula is C9H7Cl3O3. The highest BCUT2D eigenvalue weighted by molar-refractivity contribution is 6.48. The minimum Gasteiger partial charge on any atom is -0.491 e. The first kappa shape index (κ1) is 12.4. The van der Waals surface area contributed by atoms with Crippen molar-refractivity contribution in [1.82, 2.24) is 0 Å². The highest BCUT2D eigenvalue weighted by Crippen LogP contribution is 2.44. The van der Waals surface area contributed by atoms with E-state index in [4.69, 9.17) is 44.3 Å². The van der Waals surface area contributed by atoms with E-state index in [1.54, 1.807) is 0 Å². The molecule has 0 amide bonds. The Hall–Kier alpha value is -0.640. The number of carbonyl (C=O) groups is 1. The van der Waals surface area contributed by atoms with Gasteiger partial charge in [0.05, 0.1) is 17.2 Å². The molecule has 1 aromatic rings. The Morgan fingerprint density at radius 3 is 2.33 bits per heavy atom. The number of methoxy groups -OCH3 is 1. The van der Waals surface area contributed by atoms with Crippen LogP contribution < -0.4 is 9.47 Å². The number of esters is 1. The van der Waals surface area contributed by atoms with Crippen molar-refractivity contribution in [2.75, 3.05) is 7.11 Å². The summed E-state index contributed by atoms with van der Waals surface area (Å²) in [6.07, 6.45) is 0. The molecule has 0 heterocycles. The van der Waals surface area contributed by atoms with E-state index in [0.29, 0.717) is 0 Å². The van der Waals surface area contributed by atoms with E-state index in [1.165, 1.54) is 20.1 Å². The average molecular weight is 270 g/mol. The van der Waals surface area contributed by atoms with Crippen LogP contribution in [-0.2, 0) is 4.79 Å². The first-order valence-electron chi connectivity index (χ1n) is 3.87. The van der Waals surface area contributed by atoms with E-state index < -0.39 is 5.97 Å². The van der Waals surface area contributed by atoms with Crippen LogP contribution >= 0.6 is 34.8 Å². The highest BCUT2D eigenvalue weighted by Gasteiger charge is 2.17. The molecule has 0 aliphatic heterocycles. The third-order valence-electron chi connectivity index (χ3n) is 1.54. The Balaban J connectivity index is 3.31. The van der Waals surface area contributed by atoms with E-state index in [9.17, 15) is 4.79 Å². The van der Waals surface area contributed by atoms with Gasteiger partial charge in [-0.2, -0.15) is 0 Å². The van der Waals surface area contributed by atoms with Gasteiger partial charge in [-0.1, -0.05) is 34.8 Å². The number of rotatable bonds is 2. The van der Waals surface area contributed by atoms with Crippen LogP contribution in [0.4, 0.5) is 0 Å². The van der Waals surface area contributed by atoms with Gasteiger partial charge in [-0.3, -0.25) is 4.79 Å². The van der Waals surface area contributed by atoms with Crippen LogP contribution in [0.1, 0.15) is 6.92 Å². The molecule has 3 nitrogen and oxygen atoms in total. The van der Waals surface area contributed by atoms with Gasteiger partial charge in [0, 0.05) is 13.0 Å². The quantitative estimate of drug-likeness (QED) is 0.468. The van der Waals surface area contributed by atoms with Crippen LogP contribution in [0.2, 0.25) is 15.1 Å². The number of carbonyl (C=O) groups excluding carboxylic acids is 1. The maximum atomic E-state index is 10.8. The lowest BCUT2D eigenvalue weighted by Crippen LogP contribution is -2.03. The number of hydrogen-bond donors (Lipinski definition) is 0. The Morgan fingerprint density at radius 1 is 1.27 bits per heavy atom. The summed E-state index contributed by atoms with van der Waals surface area (Å²) >= 11 is 17.4. The Bertz CT molecular complexity index is 404. The lowest BCUT2D eigenvalue weighted by molar-refractivity contribution is -0.132. The summed E-state index contributed by atoms with van der Waals surface area (Å²) < 4.78 is 9.82. The molecule has 0 spiro atoms. The highest BCUT2D eigenvalue weighted by atomic mass is 35.5. The first-order chi connectivity index (χ1) is 6.97. The fourth-order valence-corrected chi connectivity index (χ4v) is 1.63. The fourth-order valence-electron chi connectivity index (χ4n) is 0.978. The topological polar surface area (TPSA) is 35.5 Å². The van der Waals surface area contributed by atoms with Gasteiger partial charge in [0.2, 0.25) is 0 Å². The van der Waals surface area contributed by atoms with Crippen LogP contribution in [0, 0.1) is 0 Å². The summed E-state index contributed by atoms with van der Waals surface area (Å²) in [4.78, 5) is 10.8. The molecule has 0 saturated carbocycles. The van der Waals surface area contributed by atoms with Crippen molar-refractivity contribution in [3.63, 3.8) is 0 Å². The molecule has 82 valence electrons. The van der Waals surface area contributed by atoms with Crippen molar-refractivity contribution in [2.45, 2.75) is 6.92 Å². The number of benzene rings is 1. The number of hydrogen-bond acceptors (Lipinski definition) is 3. The second-order valence-corrected chi connectivity index (χ2v) is 3.77. The lowest BCUT2D eigenvalue weighted by atomic mass is 10.3. The molecule has 1 aromatic carbocycles. The third-order valence-corrected chi connectivity index (χ3v) is 2.79. The van der Waals surface area contributed by atoms with Gasteiger partial charge >= 0.3 is 5.97 Å². The van der Waals surface area contributed by atoms with Crippen LogP contribution in [0.5, 0.6) is 11.5 Å². The van der Waals surface area contributed by atoms with Crippen molar-refractivity contribution in [2.24, 2.45) is 0 Å². The zero-order valence-corrected chi connectivity index (χ0v) is 10.2. The molecule has 1 rings (SSSR count). The average Bonchev–Trinajstić information content (AvgIpc) is 2.14. The van der Waals surface area contributed by atoms with Gasteiger partial charge < -0.3 is 9.47 Å². The van der Waals surface area contributed by atoms with E-state index in [2.05, 4.69) is 0 Å². The minimum atomic E-state index is -0.497. The summed E-state index contributed by atoms with van der Waals surface area (Å²) in [7, 11) is 1.39. The van der Waals surface area contributed by atoms with Gasteiger partial charge in [0.25, 0.3) is 0 Å². The van der Waals surface area contributed by atoms with Gasteiger partial charge in [-0.15, -0.1) is 0 Å². The van der Waals surface area contributed by atoms with Crippen molar-refractivity contribution < 1.29 is 14.3 Å². The van der Waals surface area contributed by atoms with Crippen LogP contribution in [0.25, 0.3) is 0 Å². The van der Waals surface area contributed by atoms with Gasteiger partial charge in [-0.25, -0.2) is 0 Å². The smallest absolute Gasteiger partial charge is 0.308 e. The summed E-state index contributed by atoms with van der Waals surface area (Å²) in [5.74, 6) is -0.173. The molecule has 0 radical (unpaired) electrons. The summed E-state index contributed by atoms with van der Waals surface area (Å²) in [6, 6.07) is 1.37. The summed E-state index contributed by atoms with van der Waals surface area (Å²) in [6.45, 7) is 1.26. The Labute approximate surface area is 102 Å². The van der Waals surface area contributed by atoms with Crippen molar-refractivity contribution >= 4 is 40.8 Å². The SMILES string of the molecule is COc1c(OC(C)=O)cc(Cl)c(Cl)c1Cl. The van der Waals surface area contributed by atoms with Crippen molar-refractivity contribution in [3.8, 4) is 11.5 Å². The monoisotopic (exact) mass is 268 g/mol. The molecule has 0 bridgehead atoms. The number of ether oxygens (including phenoxy) is 2. The van der Waals surface area contributed by atoms with Gasteiger partial charge in [0.1, 0.15) is 5.02 Å². The molecule has 15 heavy (non-hydrogen) atoms. The van der Waals surface area contributed by atoms with Crippen LogP contribution in [-0.4, -0.2) is 13.1 Å². The zero-order valence-electron chi connectivity index (χ0n) is 7.94. The normalized spacial score (nSPS) is 9.93. The Kier molecular flexibility index (Phi) is 4.08. The second-order valence-electron chi connectivity index (χ2n) is 2.61. The predicted octanol–water partition coefficient (Wildman–Crippen LogP) is 3.58. The molecule has 0 saturated heterocycles. The third kappa shape index (κ3) is 2.68. The fraction of sp³-hybridized carbons (Fsp3) is 0.222. The molecule has 0 aliphatic rings. The van der Waals surface area contributed by atoms with Crippen molar-refractivity contribution in [3.05, 3.63) is 21.1 Å². The van der Waals surface area contributed by atoms with Crippen LogP contribution in [0.3, 0.4) is 0 Å². The maximum absolute atomic E-state index is 10.8. The standard InChI is InChI=1S/C9H7Cl3O3/c1-4(13)15-6-3-5(10)7(11)8(12)9(6)14-2/h3H,1-2H3. The summed E-state index contributed by atoms with van der Waals surface area (Å²) in [5, 5.41) is 0.465. The minimum absolute atomic E-state index is 0.114. The lowest BCUT2D eigenvalue weighted by Gasteiger charge is -2.11. The van der Waals surface area contributed by atoms with E-state index in [-0.39, 0.29) is 26.6 Å². The molecule has 0 atom stereocenters.